The van der Waals surface area contributed by atoms with E-state index in [4.69, 9.17) is 0 Å². The van der Waals surface area contributed by atoms with Crippen molar-refractivity contribution in [1.29, 1.82) is 0 Å². The molecule has 152 valence electrons. The highest BCUT2D eigenvalue weighted by Gasteiger charge is 2.39. The van der Waals surface area contributed by atoms with Crippen molar-refractivity contribution in [2.75, 3.05) is 26.2 Å². The van der Waals surface area contributed by atoms with E-state index in [1.807, 2.05) is 31.2 Å². The fraction of sp³-hybridized carbons (Fsp3) is 0.440. The zero-order valence-corrected chi connectivity index (χ0v) is 17.5. The van der Waals surface area contributed by atoms with Gasteiger partial charge in [0.05, 0.1) is 5.92 Å². The number of nitrogens with one attached hydrogen (secondary N) is 1. The number of carbonyl (C=O) groups is 1. The monoisotopic (exact) mass is 389 g/mol. The van der Waals surface area contributed by atoms with Gasteiger partial charge in [-0.25, -0.2) is 0 Å². The average Bonchev–Trinajstić information content (AvgIpc) is 3.43. The maximum absolute atomic E-state index is 12.6. The second-order valence-electron chi connectivity index (χ2n) is 8.45. The first-order chi connectivity index (χ1) is 14.1. The molecule has 4 nitrogen and oxygen atoms in total. The molecule has 29 heavy (non-hydrogen) atoms. The first kappa shape index (κ1) is 19.8. The Balaban J connectivity index is 1.17. The summed E-state index contributed by atoms with van der Waals surface area (Å²) < 4.78 is 0. The molecule has 0 bridgehead atoms. The summed E-state index contributed by atoms with van der Waals surface area (Å²) in [6.45, 7) is 8.22. The molecule has 0 spiro atoms. The zero-order chi connectivity index (χ0) is 20.2. The predicted octanol–water partition coefficient (Wildman–Crippen LogP) is 3.86. The standard InChI is InChI=1S/C25H31N3O/c1-18-7-6-10-22(27-18)13-16-28-14-11-20(12-15-28)17-26-25(29)24-19(2)23(24)21-8-4-3-5-9-21/h3-10,20,24H,11-17H2,1-2H3,(H,26,29). The Bertz CT molecular complexity index is 882. The molecule has 2 aliphatic rings. The van der Waals surface area contributed by atoms with E-state index in [9.17, 15) is 4.79 Å². The Morgan fingerprint density at radius 2 is 1.83 bits per heavy atom. The molecule has 0 radical (unpaired) electrons. The van der Waals surface area contributed by atoms with Crippen LogP contribution in [0.1, 0.15) is 36.7 Å². The van der Waals surface area contributed by atoms with Crippen LogP contribution in [-0.2, 0) is 11.2 Å². The fourth-order valence-corrected chi connectivity index (χ4v) is 4.44. The van der Waals surface area contributed by atoms with Crippen LogP contribution in [0.2, 0.25) is 0 Å². The van der Waals surface area contributed by atoms with Crippen LogP contribution in [0, 0.1) is 18.8 Å². The third-order valence-corrected chi connectivity index (χ3v) is 6.31. The number of amides is 1. The molecule has 1 aliphatic carbocycles. The van der Waals surface area contributed by atoms with E-state index in [-0.39, 0.29) is 11.8 Å². The smallest absolute Gasteiger partial charge is 0.231 e. The van der Waals surface area contributed by atoms with Crippen LogP contribution >= 0.6 is 0 Å². The summed E-state index contributed by atoms with van der Waals surface area (Å²) in [5, 5.41) is 3.21. The van der Waals surface area contributed by atoms with E-state index in [1.165, 1.54) is 22.4 Å². The SMILES string of the molecule is CC1=C(c2ccccc2)C1C(=O)NCC1CCN(CCc2cccc(C)n2)CC1. The molecule has 1 aliphatic heterocycles. The number of likely N-dealkylation sites (tertiary alicyclic amines) is 1. The molecule has 2 aromatic rings. The molecule has 2 heterocycles. The Labute approximate surface area is 174 Å². The predicted molar refractivity (Wildman–Crippen MR) is 117 cm³/mol. The van der Waals surface area contributed by atoms with Crippen molar-refractivity contribution in [2.24, 2.45) is 11.8 Å². The minimum Gasteiger partial charge on any atom is -0.355 e. The van der Waals surface area contributed by atoms with Crippen molar-refractivity contribution in [1.82, 2.24) is 15.2 Å². The van der Waals surface area contributed by atoms with Crippen LogP contribution in [0.3, 0.4) is 0 Å². The molecule has 4 rings (SSSR count). The number of hydrogen-bond acceptors (Lipinski definition) is 3. The largest absolute Gasteiger partial charge is 0.355 e. The van der Waals surface area contributed by atoms with Crippen molar-refractivity contribution < 1.29 is 4.79 Å². The molecular formula is C25H31N3O. The molecule has 1 unspecified atom stereocenters. The number of rotatable bonds is 7. The van der Waals surface area contributed by atoms with E-state index < -0.39 is 0 Å². The van der Waals surface area contributed by atoms with Crippen molar-refractivity contribution >= 4 is 11.5 Å². The summed E-state index contributed by atoms with van der Waals surface area (Å²) in [4.78, 5) is 19.8. The summed E-state index contributed by atoms with van der Waals surface area (Å²) in [6, 6.07) is 16.5. The van der Waals surface area contributed by atoms with Gasteiger partial charge in [0.25, 0.3) is 0 Å². The molecule has 1 saturated heterocycles. The Morgan fingerprint density at radius 1 is 1.07 bits per heavy atom. The van der Waals surface area contributed by atoms with Gasteiger partial charge in [0, 0.05) is 30.9 Å². The summed E-state index contributed by atoms with van der Waals surface area (Å²) in [5.74, 6) is 0.750. The van der Waals surface area contributed by atoms with Gasteiger partial charge < -0.3 is 10.2 Å². The number of benzene rings is 1. The summed E-state index contributed by atoms with van der Waals surface area (Å²) in [5.41, 5.74) is 5.88. The highest BCUT2D eigenvalue weighted by Crippen LogP contribution is 2.46. The summed E-state index contributed by atoms with van der Waals surface area (Å²) >= 11 is 0. The second kappa shape index (κ2) is 8.91. The lowest BCUT2D eigenvalue weighted by atomic mass is 9.96. The van der Waals surface area contributed by atoms with E-state index in [0.29, 0.717) is 5.92 Å². The van der Waals surface area contributed by atoms with Crippen molar-refractivity contribution in [3.05, 3.63) is 71.1 Å². The van der Waals surface area contributed by atoms with E-state index in [1.54, 1.807) is 0 Å². The molecule has 1 N–H and O–H groups in total. The molecule has 0 saturated carbocycles. The lowest BCUT2D eigenvalue weighted by Crippen LogP contribution is -2.40. The number of aryl methyl sites for hydroxylation is 1. The van der Waals surface area contributed by atoms with E-state index in [0.717, 1.165) is 51.1 Å². The minimum atomic E-state index is -0.0145. The first-order valence-electron chi connectivity index (χ1n) is 10.8. The van der Waals surface area contributed by atoms with Crippen LogP contribution in [0.4, 0.5) is 0 Å². The van der Waals surface area contributed by atoms with E-state index in [2.05, 4.69) is 46.4 Å². The van der Waals surface area contributed by atoms with Crippen molar-refractivity contribution in [2.45, 2.75) is 33.1 Å². The normalized spacial score (nSPS) is 20.0. The van der Waals surface area contributed by atoms with Crippen molar-refractivity contribution in [3.8, 4) is 0 Å². The zero-order valence-electron chi connectivity index (χ0n) is 17.5. The fourth-order valence-electron chi connectivity index (χ4n) is 4.44. The van der Waals surface area contributed by atoms with Gasteiger partial charge in [-0.15, -0.1) is 0 Å². The highest BCUT2D eigenvalue weighted by molar-refractivity contribution is 6.05. The Kier molecular flexibility index (Phi) is 6.10. The Morgan fingerprint density at radius 3 is 2.55 bits per heavy atom. The third kappa shape index (κ3) is 4.94. The molecular weight excluding hydrogens is 358 g/mol. The molecule has 1 aromatic heterocycles. The minimum absolute atomic E-state index is 0.0145. The summed E-state index contributed by atoms with van der Waals surface area (Å²) in [6.07, 6.45) is 3.33. The van der Waals surface area contributed by atoms with Gasteiger partial charge in [-0.2, -0.15) is 0 Å². The van der Waals surface area contributed by atoms with Gasteiger partial charge >= 0.3 is 0 Å². The van der Waals surface area contributed by atoms with Crippen LogP contribution in [-0.4, -0.2) is 42.0 Å². The number of pyridine rings is 1. The van der Waals surface area contributed by atoms with Gasteiger partial charge in [-0.05, 0) is 69.0 Å². The van der Waals surface area contributed by atoms with Gasteiger partial charge in [0.1, 0.15) is 0 Å². The lowest BCUT2D eigenvalue weighted by Gasteiger charge is -2.32. The highest BCUT2D eigenvalue weighted by atomic mass is 16.2. The van der Waals surface area contributed by atoms with Crippen LogP contribution < -0.4 is 5.32 Å². The van der Waals surface area contributed by atoms with Gasteiger partial charge in [0.2, 0.25) is 5.91 Å². The maximum atomic E-state index is 12.6. The number of piperidine rings is 1. The van der Waals surface area contributed by atoms with Crippen LogP contribution in [0.15, 0.2) is 54.1 Å². The number of aromatic nitrogens is 1. The molecule has 1 aromatic carbocycles. The van der Waals surface area contributed by atoms with Crippen LogP contribution in [0.5, 0.6) is 0 Å². The quantitative estimate of drug-likeness (QED) is 0.782. The van der Waals surface area contributed by atoms with Gasteiger partial charge in [-0.3, -0.25) is 9.78 Å². The molecule has 4 heteroatoms. The van der Waals surface area contributed by atoms with Crippen LogP contribution in [0.25, 0.3) is 5.57 Å². The Hall–Kier alpha value is -2.46. The maximum Gasteiger partial charge on any atom is 0.231 e. The summed E-state index contributed by atoms with van der Waals surface area (Å²) in [7, 11) is 0. The van der Waals surface area contributed by atoms with E-state index >= 15 is 0 Å². The van der Waals surface area contributed by atoms with Crippen molar-refractivity contribution in [3.63, 3.8) is 0 Å². The average molecular weight is 390 g/mol. The number of nitrogens with zero attached hydrogens (tertiary/aromatic N) is 2. The molecule has 1 atom stereocenters. The number of carbonyl (C=O) groups excluding carboxylic acids is 1. The lowest BCUT2D eigenvalue weighted by molar-refractivity contribution is -0.121. The third-order valence-electron chi connectivity index (χ3n) is 6.31. The van der Waals surface area contributed by atoms with Gasteiger partial charge in [0.15, 0.2) is 0 Å². The number of hydrogen-bond donors (Lipinski definition) is 1. The van der Waals surface area contributed by atoms with Gasteiger partial charge in [-0.1, -0.05) is 42.0 Å². The molecule has 1 fully saturated rings. The topological polar surface area (TPSA) is 45.2 Å². The molecule has 1 amide bonds. The first-order valence-corrected chi connectivity index (χ1v) is 10.8. The second-order valence-corrected chi connectivity index (χ2v) is 8.45.